The molecular weight excluding hydrogens is 260 g/mol. The SMILES string of the molecule is CCNC(c1cnccc1N)c1nccc2ccccc12. The van der Waals surface area contributed by atoms with E-state index in [1.165, 1.54) is 5.39 Å². The van der Waals surface area contributed by atoms with Crippen LogP contribution in [-0.2, 0) is 0 Å². The minimum Gasteiger partial charge on any atom is -0.398 e. The van der Waals surface area contributed by atoms with Gasteiger partial charge in [-0.25, -0.2) is 0 Å². The molecule has 0 bridgehead atoms. The summed E-state index contributed by atoms with van der Waals surface area (Å²) in [6, 6.07) is 12.0. The van der Waals surface area contributed by atoms with Crippen molar-refractivity contribution < 1.29 is 0 Å². The summed E-state index contributed by atoms with van der Waals surface area (Å²) in [5, 5.41) is 5.77. The van der Waals surface area contributed by atoms with E-state index in [0.717, 1.165) is 28.9 Å². The van der Waals surface area contributed by atoms with E-state index in [9.17, 15) is 0 Å². The van der Waals surface area contributed by atoms with Crippen LogP contribution in [0, 0.1) is 0 Å². The van der Waals surface area contributed by atoms with Crippen molar-refractivity contribution in [1.82, 2.24) is 15.3 Å². The summed E-state index contributed by atoms with van der Waals surface area (Å²) in [6.07, 6.45) is 5.36. The number of aromatic nitrogens is 2. The van der Waals surface area contributed by atoms with Gasteiger partial charge < -0.3 is 11.1 Å². The molecule has 0 saturated heterocycles. The standard InChI is InChI=1S/C17H18N4/c1-2-20-17(14-11-19-9-8-15(14)18)16-13-6-4-3-5-12(13)7-10-21-16/h3-11,17,20H,2H2,1H3,(H2,18,19). The maximum atomic E-state index is 6.13. The molecule has 1 unspecified atom stereocenters. The summed E-state index contributed by atoms with van der Waals surface area (Å²) in [5.74, 6) is 0. The zero-order chi connectivity index (χ0) is 14.7. The Kier molecular flexibility index (Phi) is 3.79. The van der Waals surface area contributed by atoms with Gasteiger partial charge in [-0.3, -0.25) is 9.97 Å². The summed E-state index contributed by atoms with van der Waals surface area (Å²) < 4.78 is 0. The third-order valence-corrected chi connectivity index (χ3v) is 3.58. The van der Waals surface area contributed by atoms with Crippen LogP contribution in [0.1, 0.15) is 24.2 Å². The van der Waals surface area contributed by atoms with Crippen molar-refractivity contribution >= 4 is 16.5 Å². The third kappa shape index (κ3) is 2.58. The van der Waals surface area contributed by atoms with E-state index in [0.29, 0.717) is 0 Å². The number of nitrogens with zero attached hydrogens (tertiary/aromatic N) is 2. The van der Waals surface area contributed by atoms with Crippen LogP contribution in [0.15, 0.2) is 55.0 Å². The van der Waals surface area contributed by atoms with Crippen molar-refractivity contribution in [1.29, 1.82) is 0 Å². The van der Waals surface area contributed by atoms with Crippen molar-refractivity contribution in [2.24, 2.45) is 0 Å². The fourth-order valence-electron chi connectivity index (χ4n) is 2.59. The zero-order valence-electron chi connectivity index (χ0n) is 12.0. The van der Waals surface area contributed by atoms with Crippen molar-refractivity contribution in [3.8, 4) is 0 Å². The molecule has 0 spiro atoms. The molecule has 0 aliphatic heterocycles. The van der Waals surface area contributed by atoms with E-state index in [-0.39, 0.29) is 6.04 Å². The Bertz CT molecular complexity index is 749. The minimum absolute atomic E-state index is 0.0604. The van der Waals surface area contributed by atoms with E-state index in [2.05, 4.69) is 34.3 Å². The summed E-state index contributed by atoms with van der Waals surface area (Å²) in [7, 11) is 0. The first-order valence-corrected chi connectivity index (χ1v) is 7.07. The number of nitrogens with two attached hydrogens (primary N) is 1. The maximum Gasteiger partial charge on any atom is 0.0793 e. The van der Waals surface area contributed by atoms with E-state index in [4.69, 9.17) is 5.73 Å². The maximum absolute atomic E-state index is 6.13. The molecule has 4 heteroatoms. The number of fused-ring (bicyclic) bond motifs is 1. The Morgan fingerprint density at radius 3 is 2.81 bits per heavy atom. The number of anilines is 1. The lowest BCUT2D eigenvalue weighted by Crippen LogP contribution is -2.24. The predicted molar refractivity (Wildman–Crippen MR) is 85.9 cm³/mol. The lowest BCUT2D eigenvalue weighted by Gasteiger charge is -2.20. The zero-order valence-corrected chi connectivity index (χ0v) is 12.0. The molecular formula is C17H18N4. The molecule has 2 aromatic heterocycles. The lowest BCUT2D eigenvalue weighted by atomic mass is 9.98. The Morgan fingerprint density at radius 1 is 1.14 bits per heavy atom. The first-order chi connectivity index (χ1) is 10.3. The van der Waals surface area contributed by atoms with Crippen LogP contribution in [-0.4, -0.2) is 16.5 Å². The molecule has 0 fully saturated rings. The molecule has 0 aliphatic rings. The van der Waals surface area contributed by atoms with Crippen molar-refractivity contribution in [2.75, 3.05) is 12.3 Å². The fourth-order valence-corrected chi connectivity index (χ4v) is 2.59. The Balaban J connectivity index is 2.19. The van der Waals surface area contributed by atoms with Crippen molar-refractivity contribution in [2.45, 2.75) is 13.0 Å². The molecule has 3 N–H and O–H groups in total. The number of nitrogens with one attached hydrogen (secondary N) is 1. The minimum atomic E-state index is -0.0604. The molecule has 106 valence electrons. The van der Waals surface area contributed by atoms with E-state index in [1.807, 2.05) is 36.7 Å². The van der Waals surface area contributed by atoms with Gasteiger partial charge in [0.15, 0.2) is 0 Å². The molecule has 3 aromatic rings. The molecule has 21 heavy (non-hydrogen) atoms. The molecule has 1 atom stereocenters. The summed E-state index contributed by atoms with van der Waals surface area (Å²) in [6.45, 7) is 2.90. The van der Waals surface area contributed by atoms with Crippen LogP contribution in [0.2, 0.25) is 0 Å². The Hall–Kier alpha value is -2.46. The van der Waals surface area contributed by atoms with Crippen LogP contribution in [0.25, 0.3) is 10.8 Å². The summed E-state index contributed by atoms with van der Waals surface area (Å²) in [4.78, 5) is 8.80. The number of hydrogen-bond acceptors (Lipinski definition) is 4. The molecule has 3 rings (SSSR count). The molecule has 2 heterocycles. The van der Waals surface area contributed by atoms with E-state index >= 15 is 0 Å². The second-order valence-electron chi connectivity index (χ2n) is 4.91. The average molecular weight is 278 g/mol. The van der Waals surface area contributed by atoms with Crippen LogP contribution < -0.4 is 11.1 Å². The van der Waals surface area contributed by atoms with Gasteiger partial charge in [0.1, 0.15) is 0 Å². The summed E-state index contributed by atoms with van der Waals surface area (Å²) in [5.41, 5.74) is 8.80. The van der Waals surface area contributed by atoms with Crippen molar-refractivity contribution in [3.05, 3.63) is 66.2 Å². The molecule has 0 amide bonds. The Morgan fingerprint density at radius 2 is 2.00 bits per heavy atom. The highest BCUT2D eigenvalue weighted by Crippen LogP contribution is 2.29. The summed E-state index contributed by atoms with van der Waals surface area (Å²) >= 11 is 0. The van der Waals surface area contributed by atoms with Crippen LogP contribution in [0.3, 0.4) is 0 Å². The van der Waals surface area contributed by atoms with Gasteiger partial charge in [-0.15, -0.1) is 0 Å². The molecule has 1 aromatic carbocycles. The smallest absolute Gasteiger partial charge is 0.0793 e. The first kappa shape index (κ1) is 13.5. The van der Waals surface area contributed by atoms with Gasteiger partial charge in [0.25, 0.3) is 0 Å². The highest BCUT2D eigenvalue weighted by molar-refractivity contribution is 5.85. The van der Waals surface area contributed by atoms with Crippen LogP contribution in [0.5, 0.6) is 0 Å². The van der Waals surface area contributed by atoms with Gasteiger partial charge >= 0.3 is 0 Å². The number of rotatable bonds is 4. The monoisotopic (exact) mass is 278 g/mol. The lowest BCUT2D eigenvalue weighted by molar-refractivity contribution is 0.620. The fraction of sp³-hybridized carbons (Fsp3) is 0.176. The second-order valence-corrected chi connectivity index (χ2v) is 4.91. The van der Waals surface area contributed by atoms with Gasteiger partial charge in [0.05, 0.1) is 11.7 Å². The van der Waals surface area contributed by atoms with Gasteiger partial charge in [-0.2, -0.15) is 0 Å². The molecule has 0 radical (unpaired) electrons. The second kappa shape index (κ2) is 5.89. The third-order valence-electron chi connectivity index (χ3n) is 3.58. The molecule has 0 aliphatic carbocycles. The largest absolute Gasteiger partial charge is 0.398 e. The molecule has 0 saturated carbocycles. The Labute approximate surface area is 124 Å². The number of benzene rings is 1. The first-order valence-electron chi connectivity index (χ1n) is 7.07. The average Bonchev–Trinajstić information content (AvgIpc) is 2.53. The molecule has 4 nitrogen and oxygen atoms in total. The quantitative estimate of drug-likeness (QED) is 0.770. The number of nitrogen functional groups attached to an aromatic ring is 1. The van der Waals surface area contributed by atoms with Gasteiger partial charge in [-0.05, 0) is 24.1 Å². The van der Waals surface area contributed by atoms with E-state index in [1.54, 1.807) is 6.20 Å². The normalized spacial score (nSPS) is 12.4. The van der Waals surface area contributed by atoms with Crippen LogP contribution in [0.4, 0.5) is 5.69 Å². The van der Waals surface area contributed by atoms with Gasteiger partial charge in [0, 0.05) is 35.2 Å². The predicted octanol–water partition coefficient (Wildman–Crippen LogP) is 2.91. The number of hydrogen-bond donors (Lipinski definition) is 2. The highest BCUT2D eigenvalue weighted by atomic mass is 14.9. The van der Waals surface area contributed by atoms with E-state index < -0.39 is 0 Å². The van der Waals surface area contributed by atoms with Crippen molar-refractivity contribution in [3.63, 3.8) is 0 Å². The van der Waals surface area contributed by atoms with Gasteiger partial charge in [-0.1, -0.05) is 31.2 Å². The van der Waals surface area contributed by atoms with Crippen LogP contribution >= 0.6 is 0 Å². The topological polar surface area (TPSA) is 63.8 Å². The highest BCUT2D eigenvalue weighted by Gasteiger charge is 2.19. The van der Waals surface area contributed by atoms with Gasteiger partial charge in [0.2, 0.25) is 0 Å². The number of pyridine rings is 2.